The van der Waals surface area contributed by atoms with Gasteiger partial charge in [0.2, 0.25) is 0 Å². The maximum absolute atomic E-state index is 13.3. The second-order valence-electron chi connectivity index (χ2n) is 7.94. The van der Waals surface area contributed by atoms with Crippen LogP contribution in [-0.4, -0.2) is 10.7 Å². The van der Waals surface area contributed by atoms with Gasteiger partial charge in [-0.2, -0.15) is 0 Å². The van der Waals surface area contributed by atoms with Gasteiger partial charge in [-0.25, -0.2) is 0 Å². The number of nitrogens with zero attached hydrogens (tertiary/aromatic N) is 1. The van der Waals surface area contributed by atoms with Crippen molar-refractivity contribution in [3.63, 3.8) is 0 Å². The Kier molecular flexibility index (Phi) is 4.83. The molecule has 0 fully saturated rings. The number of nitro benzene ring substituents is 1. The number of carbonyl (C=O) groups is 1. The Morgan fingerprint density at radius 2 is 1.87 bits per heavy atom. The van der Waals surface area contributed by atoms with Crippen molar-refractivity contribution >= 4 is 28.8 Å². The maximum Gasteiger partial charge on any atom is 0.269 e. The fraction of sp³-hybridized carbons (Fsp3) is 0.160. The minimum atomic E-state index is -0.380. The van der Waals surface area contributed by atoms with Crippen LogP contribution < -0.4 is 5.32 Å². The first-order valence-electron chi connectivity index (χ1n) is 10.1. The highest BCUT2D eigenvalue weighted by atomic mass is 35.5. The monoisotopic (exact) mass is 430 g/mol. The molecular weight excluding hydrogens is 412 g/mol. The molecule has 1 aliphatic carbocycles. The van der Waals surface area contributed by atoms with Crippen molar-refractivity contribution in [2.45, 2.75) is 18.4 Å². The van der Waals surface area contributed by atoms with Gasteiger partial charge in [-0.3, -0.25) is 14.9 Å². The maximum atomic E-state index is 13.3. The van der Waals surface area contributed by atoms with Crippen LogP contribution in [0.4, 0.5) is 11.4 Å². The molecule has 0 spiro atoms. The van der Waals surface area contributed by atoms with Gasteiger partial charge in [0.15, 0.2) is 5.78 Å². The number of nitro groups is 1. The minimum absolute atomic E-state index is 0.0595. The molecule has 1 aliphatic heterocycles. The van der Waals surface area contributed by atoms with Gasteiger partial charge < -0.3 is 5.32 Å². The number of allylic oxidation sites excluding steroid dienone is 2. The number of hydrogen-bond acceptors (Lipinski definition) is 4. The molecule has 0 radical (unpaired) electrons. The fourth-order valence-electron chi connectivity index (χ4n) is 4.75. The van der Waals surface area contributed by atoms with Crippen LogP contribution in [0.2, 0.25) is 5.02 Å². The molecular formula is C25H19ClN2O3. The summed E-state index contributed by atoms with van der Waals surface area (Å²) in [6.45, 7) is 0. The van der Waals surface area contributed by atoms with Crippen LogP contribution in [0.3, 0.4) is 0 Å². The first-order valence-corrected chi connectivity index (χ1v) is 10.5. The van der Waals surface area contributed by atoms with Crippen molar-refractivity contribution in [3.05, 3.63) is 116 Å². The molecule has 1 N–H and O–H groups in total. The highest BCUT2D eigenvalue weighted by Crippen LogP contribution is 2.51. The van der Waals surface area contributed by atoms with Gasteiger partial charge in [0.05, 0.1) is 11.0 Å². The summed E-state index contributed by atoms with van der Waals surface area (Å²) < 4.78 is 0. The third-order valence-electron chi connectivity index (χ3n) is 6.15. The Balaban J connectivity index is 1.64. The van der Waals surface area contributed by atoms with E-state index in [0.717, 1.165) is 23.2 Å². The van der Waals surface area contributed by atoms with E-state index in [1.165, 1.54) is 6.07 Å². The third-order valence-corrected chi connectivity index (χ3v) is 6.37. The fourth-order valence-corrected chi connectivity index (χ4v) is 4.98. The quantitative estimate of drug-likeness (QED) is 0.228. The van der Waals surface area contributed by atoms with Crippen LogP contribution in [-0.2, 0) is 0 Å². The molecule has 31 heavy (non-hydrogen) atoms. The van der Waals surface area contributed by atoms with E-state index >= 15 is 0 Å². The Morgan fingerprint density at radius 3 is 2.65 bits per heavy atom. The summed E-state index contributed by atoms with van der Waals surface area (Å²) in [5.74, 6) is 0.166. The van der Waals surface area contributed by atoms with E-state index in [4.69, 9.17) is 11.6 Å². The SMILES string of the molecule is O=C(c1ccccc1)c1cc(Cl)cc2c1N[C@@H](c1cccc([N+](=O)[O-])c1)[C@@H]1CC=C[C@H]21. The number of halogens is 1. The molecule has 0 bridgehead atoms. The number of benzene rings is 3. The number of fused-ring (bicyclic) bond motifs is 3. The number of hydrogen-bond donors (Lipinski definition) is 1. The minimum Gasteiger partial charge on any atom is -0.377 e. The first kappa shape index (κ1) is 19.5. The van der Waals surface area contributed by atoms with E-state index in [0.29, 0.717) is 16.1 Å². The van der Waals surface area contributed by atoms with E-state index in [2.05, 4.69) is 17.5 Å². The zero-order valence-electron chi connectivity index (χ0n) is 16.5. The summed E-state index contributed by atoms with van der Waals surface area (Å²) in [4.78, 5) is 24.3. The standard InChI is InChI=1S/C25H19ClN2O3/c26-17-13-21-19-10-5-11-20(19)23(16-8-4-9-18(12-16)28(30)31)27-24(21)22(14-17)25(29)15-6-2-1-3-7-15/h1-10,12-14,19-20,23,27H,11H2/t19-,20+,23-/m0/s1. The van der Waals surface area contributed by atoms with Crippen molar-refractivity contribution in [1.29, 1.82) is 0 Å². The van der Waals surface area contributed by atoms with E-state index < -0.39 is 0 Å². The van der Waals surface area contributed by atoms with Crippen LogP contribution in [0.1, 0.15) is 45.4 Å². The summed E-state index contributed by atoms with van der Waals surface area (Å²) >= 11 is 6.43. The molecule has 3 atom stereocenters. The van der Waals surface area contributed by atoms with Crippen LogP contribution in [0, 0.1) is 16.0 Å². The highest BCUT2D eigenvalue weighted by molar-refractivity contribution is 6.31. The lowest BCUT2D eigenvalue weighted by Gasteiger charge is -2.38. The van der Waals surface area contributed by atoms with Gasteiger partial charge in [-0.1, -0.05) is 66.2 Å². The summed E-state index contributed by atoms with van der Waals surface area (Å²) in [5.41, 5.74) is 3.75. The lowest BCUT2D eigenvalue weighted by molar-refractivity contribution is -0.384. The summed E-state index contributed by atoms with van der Waals surface area (Å²) in [6.07, 6.45) is 5.14. The molecule has 0 unspecified atom stereocenters. The van der Waals surface area contributed by atoms with Gasteiger partial charge in [0, 0.05) is 39.9 Å². The Labute approximate surface area is 184 Å². The van der Waals surface area contributed by atoms with Gasteiger partial charge >= 0.3 is 0 Å². The molecule has 3 aromatic rings. The van der Waals surface area contributed by atoms with E-state index in [-0.39, 0.29) is 34.3 Å². The molecule has 0 amide bonds. The molecule has 154 valence electrons. The molecule has 1 heterocycles. The molecule has 2 aliphatic rings. The van der Waals surface area contributed by atoms with Gasteiger partial charge in [-0.05, 0) is 35.6 Å². The topological polar surface area (TPSA) is 72.2 Å². The van der Waals surface area contributed by atoms with E-state index in [9.17, 15) is 14.9 Å². The Hall–Kier alpha value is -3.44. The van der Waals surface area contributed by atoms with Crippen molar-refractivity contribution in [3.8, 4) is 0 Å². The predicted octanol–water partition coefficient (Wildman–Crippen LogP) is 6.31. The van der Waals surface area contributed by atoms with Crippen LogP contribution in [0.25, 0.3) is 0 Å². The molecule has 3 aromatic carbocycles. The highest BCUT2D eigenvalue weighted by Gasteiger charge is 2.40. The second kappa shape index (κ2) is 7.67. The molecule has 6 heteroatoms. The van der Waals surface area contributed by atoms with E-state index in [1.54, 1.807) is 30.3 Å². The molecule has 5 nitrogen and oxygen atoms in total. The van der Waals surface area contributed by atoms with E-state index in [1.807, 2.05) is 30.3 Å². The van der Waals surface area contributed by atoms with Crippen molar-refractivity contribution in [2.24, 2.45) is 5.92 Å². The first-order chi connectivity index (χ1) is 15.0. The van der Waals surface area contributed by atoms with Crippen molar-refractivity contribution in [1.82, 2.24) is 0 Å². The molecule has 0 saturated carbocycles. The number of anilines is 1. The summed E-state index contributed by atoms with van der Waals surface area (Å²) in [7, 11) is 0. The van der Waals surface area contributed by atoms with Crippen LogP contribution in [0.5, 0.6) is 0 Å². The zero-order chi connectivity index (χ0) is 21.5. The molecule has 0 saturated heterocycles. The largest absolute Gasteiger partial charge is 0.377 e. The van der Waals surface area contributed by atoms with Crippen LogP contribution >= 0.6 is 11.6 Å². The van der Waals surface area contributed by atoms with Crippen molar-refractivity contribution < 1.29 is 9.72 Å². The average Bonchev–Trinajstić information content (AvgIpc) is 3.29. The van der Waals surface area contributed by atoms with Gasteiger partial charge in [-0.15, -0.1) is 0 Å². The smallest absolute Gasteiger partial charge is 0.269 e. The summed E-state index contributed by atoms with van der Waals surface area (Å²) in [5, 5.41) is 15.4. The molecule has 0 aromatic heterocycles. The van der Waals surface area contributed by atoms with Gasteiger partial charge in [0.1, 0.15) is 0 Å². The average molecular weight is 431 g/mol. The summed E-state index contributed by atoms with van der Waals surface area (Å²) in [6, 6.07) is 19.3. The number of nitrogens with one attached hydrogen (secondary N) is 1. The zero-order valence-corrected chi connectivity index (χ0v) is 17.3. The normalized spacial score (nSPS) is 21.1. The van der Waals surface area contributed by atoms with Crippen LogP contribution in [0.15, 0.2) is 78.9 Å². The molecule has 5 rings (SSSR count). The van der Waals surface area contributed by atoms with Crippen molar-refractivity contribution in [2.75, 3.05) is 5.32 Å². The number of rotatable bonds is 4. The number of carbonyl (C=O) groups excluding carboxylic acids is 1. The van der Waals surface area contributed by atoms with Gasteiger partial charge in [0.25, 0.3) is 5.69 Å². The number of ketones is 1. The third kappa shape index (κ3) is 3.41. The second-order valence-corrected chi connectivity index (χ2v) is 8.38. The predicted molar refractivity (Wildman–Crippen MR) is 121 cm³/mol. The number of non-ortho nitro benzene ring substituents is 1. The lowest BCUT2D eigenvalue weighted by Crippen LogP contribution is -2.30. The lowest BCUT2D eigenvalue weighted by atomic mass is 9.76. The Bertz CT molecular complexity index is 1220. The Morgan fingerprint density at radius 1 is 1.06 bits per heavy atom.